The van der Waals surface area contributed by atoms with Gasteiger partial charge in [-0.05, 0) is 34.8 Å². The van der Waals surface area contributed by atoms with Crippen molar-refractivity contribution in [3.05, 3.63) is 46.3 Å². The number of hydrogen-bond donors (Lipinski definition) is 1. The summed E-state index contributed by atoms with van der Waals surface area (Å²) >= 11 is 3.49. The van der Waals surface area contributed by atoms with Gasteiger partial charge in [-0.2, -0.15) is 0 Å². The maximum absolute atomic E-state index is 5.71. The van der Waals surface area contributed by atoms with Crippen molar-refractivity contribution in [1.82, 2.24) is 9.97 Å². The molecule has 5 heteroatoms. The van der Waals surface area contributed by atoms with E-state index in [4.69, 9.17) is 4.74 Å². The lowest BCUT2D eigenvalue weighted by Crippen LogP contribution is -2.21. The average molecular weight is 346 g/mol. The third-order valence-electron chi connectivity index (χ3n) is 3.94. The molecular formula is C16H16BrN3O. The van der Waals surface area contributed by atoms with Crippen molar-refractivity contribution in [2.75, 3.05) is 11.9 Å². The first-order valence-corrected chi connectivity index (χ1v) is 8.11. The molecule has 21 heavy (non-hydrogen) atoms. The first-order chi connectivity index (χ1) is 10.3. The molecule has 1 aromatic heterocycles. The number of benzene rings is 1. The Balaban J connectivity index is 1.62. The molecule has 0 radical (unpaired) electrons. The number of aromatic nitrogens is 2. The SMILES string of the molecule is Brc1cc(NC2CCOc3ccccc32)nc(C2CC2)n1. The summed E-state index contributed by atoms with van der Waals surface area (Å²) in [6, 6.07) is 10.4. The molecule has 2 aromatic rings. The number of para-hydroxylation sites is 1. The molecule has 1 aliphatic carbocycles. The Bertz CT molecular complexity index is 672. The summed E-state index contributed by atoms with van der Waals surface area (Å²) in [5.41, 5.74) is 1.20. The van der Waals surface area contributed by atoms with Crippen molar-refractivity contribution in [2.24, 2.45) is 0 Å². The lowest BCUT2D eigenvalue weighted by molar-refractivity contribution is 0.274. The van der Waals surface area contributed by atoms with Crippen molar-refractivity contribution < 1.29 is 4.74 Å². The predicted octanol–water partition coefficient (Wildman–Crippen LogP) is 4.05. The van der Waals surface area contributed by atoms with Gasteiger partial charge >= 0.3 is 0 Å². The number of halogens is 1. The van der Waals surface area contributed by atoms with E-state index in [1.165, 1.54) is 18.4 Å². The van der Waals surface area contributed by atoms with Crippen LogP contribution in [-0.4, -0.2) is 16.6 Å². The molecule has 1 aliphatic heterocycles. The molecule has 0 saturated heterocycles. The van der Waals surface area contributed by atoms with Gasteiger partial charge < -0.3 is 10.1 Å². The van der Waals surface area contributed by atoms with Gasteiger partial charge in [-0.25, -0.2) is 9.97 Å². The van der Waals surface area contributed by atoms with Gasteiger partial charge in [0.1, 0.15) is 22.0 Å². The van der Waals surface area contributed by atoms with E-state index in [1.54, 1.807) is 0 Å². The number of hydrogen-bond acceptors (Lipinski definition) is 4. The fraction of sp³-hybridized carbons (Fsp3) is 0.375. The normalized spacial score (nSPS) is 20.5. The molecule has 4 nitrogen and oxygen atoms in total. The number of nitrogens with one attached hydrogen (secondary N) is 1. The van der Waals surface area contributed by atoms with Gasteiger partial charge in [0.15, 0.2) is 0 Å². The lowest BCUT2D eigenvalue weighted by Gasteiger charge is -2.27. The summed E-state index contributed by atoms with van der Waals surface area (Å²) in [5, 5.41) is 3.54. The Morgan fingerprint density at radius 1 is 1.14 bits per heavy atom. The molecule has 2 aliphatic rings. The molecule has 2 heterocycles. The lowest BCUT2D eigenvalue weighted by atomic mass is 10.0. The van der Waals surface area contributed by atoms with E-state index in [2.05, 4.69) is 37.3 Å². The highest BCUT2D eigenvalue weighted by molar-refractivity contribution is 9.10. The second-order valence-corrected chi connectivity index (χ2v) is 6.39. The van der Waals surface area contributed by atoms with Crippen LogP contribution in [0.5, 0.6) is 5.75 Å². The van der Waals surface area contributed by atoms with E-state index in [0.29, 0.717) is 5.92 Å². The van der Waals surface area contributed by atoms with E-state index in [9.17, 15) is 0 Å². The van der Waals surface area contributed by atoms with Gasteiger partial charge in [0.2, 0.25) is 0 Å². The minimum absolute atomic E-state index is 0.240. The number of rotatable bonds is 3. The highest BCUT2D eigenvalue weighted by atomic mass is 79.9. The number of fused-ring (bicyclic) bond motifs is 1. The van der Waals surface area contributed by atoms with E-state index >= 15 is 0 Å². The van der Waals surface area contributed by atoms with Gasteiger partial charge in [0.25, 0.3) is 0 Å². The van der Waals surface area contributed by atoms with Crippen molar-refractivity contribution in [2.45, 2.75) is 31.2 Å². The Labute approximate surface area is 132 Å². The zero-order valence-electron chi connectivity index (χ0n) is 11.6. The van der Waals surface area contributed by atoms with E-state index < -0.39 is 0 Å². The van der Waals surface area contributed by atoms with Crippen LogP contribution < -0.4 is 10.1 Å². The quantitative estimate of drug-likeness (QED) is 0.852. The van der Waals surface area contributed by atoms with Crippen LogP contribution in [0.2, 0.25) is 0 Å². The number of nitrogens with zero attached hydrogens (tertiary/aromatic N) is 2. The van der Waals surface area contributed by atoms with Crippen LogP contribution >= 0.6 is 15.9 Å². The zero-order chi connectivity index (χ0) is 14.2. The highest BCUT2D eigenvalue weighted by Gasteiger charge is 2.28. The highest BCUT2D eigenvalue weighted by Crippen LogP contribution is 2.39. The predicted molar refractivity (Wildman–Crippen MR) is 84.6 cm³/mol. The van der Waals surface area contributed by atoms with E-state index in [0.717, 1.165) is 35.0 Å². The molecule has 4 rings (SSSR count). The average Bonchev–Trinajstić information content (AvgIpc) is 3.32. The molecule has 1 atom stereocenters. The third-order valence-corrected chi connectivity index (χ3v) is 4.34. The summed E-state index contributed by atoms with van der Waals surface area (Å²) < 4.78 is 6.55. The molecular weight excluding hydrogens is 330 g/mol. The van der Waals surface area contributed by atoms with Crippen LogP contribution in [0.1, 0.15) is 42.6 Å². The molecule has 0 amide bonds. The number of anilines is 1. The smallest absolute Gasteiger partial charge is 0.135 e. The summed E-state index contributed by atoms with van der Waals surface area (Å²) in [7, 11) is 0. The fourth-order valence-electron chi connectivity index (χ4n) is 2.70. The van der Waals surface area contributed by atoms with Crippen LogP contribution in [-0.2, 0) is 0 Å². The van der Waals surface area contributed by atoms with Gasteiger partial charge in [0, 0.05) is 24.0 Å². The van der Waals surface area contributed by atoms with Crippen molar-refractivity contribution >= 4 is 21.7 Å². The molecule has 1 fully saturated rings. The van der Waals surface area contributed by atoms with Gasteiger partial charge in [0.05, 0.1) is 12.6 Å². The third kappa shape index (κ3) is 2.75. The Morgan fingerprint density at radius 2 is 2.00 bits per heavy atom. The number of ether oxygens (including phenoxy) is 1. The van der Waals surface area contributed by atoms with Crippen molar-refractivity contribution in [3.8, 4) is 5.75 Å². The standard InChI is InChI=1S/C16H16BrN3O/c17-14-9-15(20-16(19-14)10-5-6-10)18-12-7-8-21-13-4-2-1-3-11(12)13/h1-4,9-10,12H,5-8H2,(H,18,19,20). The summed E-state index contributed by atoms with van der Waals surface area (Å²) in [6.45, 7) is 0.733. The Kier molecular flexibility index (Phi) is 3.30. The topological polar surface area (TPSA) is 47.0 Å². The van der Waals surface area contributed by atoms with Crippen LogP contribution in [0.3, 0.4) is 0 Å². The monoisotopic (exact) mass is 345 g/mol. The molecule has 1 N–H and O–H groups in total. The summed E-state index contributed by atoms with van der Waals surface area (Å²) in [5.74, 6) is 3.36. The van der Waals surface area contributed by atoms with Crippen LogP contribution in [0.4, 0.5) is 5.82 Å². The molecule has 0 bridgehead atoms. The molecule has 108 valence electrons. The maximum Gasteiger partial charge on any atom is 0.135 e. The molecule has 1 aromatic carbocycles. The Morgan fingerprint density at radius 3 is 2.86 bits per heavy atom. The van der Waals surface area contributed by atoms with E-state index in [-0.39, 0.29) is 6.04 Å². The summed E-state index contributed by atoms with van der Waals surface area (Å²) in [6.07, 6.45) is 3.35. The van der Waals surface area contributed by atoms with Gasteiger partial charge in [-0.3, -0.25) is 0 Å². The van der Waals surface area contributed by atoms with E-state index in [1.807, 2.05) is 24.3 Å². The second kappa shape index (κ2) is 5.30. The second-order valence-electron chi connectivity index (χ2n) is 5.58. The molecule has 1 saturated carbocycles. The maximum atomic E-state index is 5.71. The zero-order valence-corrected chi connectivity index (χ0v) is 13.1. The first kappa shape index (κ1) is 13.1. The minimum atomic E-state index is 0.240. The molecule has 0 spiro atoms. The fourth-order valence-corrected chi connectivity index (χ4v) is 3.10. The Hall–Kier alpha value is -1.62. The molecule has 1 unspecified atom stereocenters. The van der Waals surface area contributed by atoms with Crippen LogP contribution in [0, 0.1) is 0 Å². The minimum Gasteiger partial charge on any atom is -0.493 e. The van der Waals surface area contributed by atoms with Gasteiger partial charge in [-0.15, -0.1) is 0 Å². The largest absolute Gasteiger partial charge is 0.493 e. The van der Waals surface area contributed by atoms with Crippen molar-refractivity contribution in [1.29, 1.82) is 0 Å². The summed E-state index contributed by atoms with van der Waals surface area (Å²) in [4.78, 5) is 9.14. The van der Waals surface area contributed by atoms with Crippen LogP contribution in [0.15, 0.2) is 34.9 Å². The van der Waals surface area contributed by atoms with Crippen LogP contribution in [0.25, 0.3) is 0 Å². The first-order valence-electron chi connectivity index (χ1n) is 7.32. The van der Waals surface area contributed by atoms with Gasteiger partial charge in [-0.1, -0.05) is 18.2 Å². The van der Waals surface area contributed by atoms with Crippen molar-refractivity contribution in [3.63, 3.8) is 0 Å².